The number of rotatable bonds is 8. The van der Waals surface area contributed by atoms with E-state index in [2.05, 4.69) is 28.2 Å². The maximum atomic E-state index is 13.4. The SMILES string of the molecule is N=C(N)NCCC[C@H](N)C(=O)N1CCn2cc(-c3ccccc3)nc2[C@@H]1CC1CCCCC1. The van der Waals surface area contributed by atoms with Crippen LogP contribution in [0.2, 0.25) is 0 Å². The Labute approximate surface area is 196 Å². The molecule has 1 aliphatic heterocycles. The summed E-state index contributed by atoms with van der Waals surface area (Å²) in [6.07, 6.45) is 10.7. The molecule has 2 aromatic rings. The van der Waals surface area contributed by atoms with Crippen LogP contribution in [0.4, 0.5) is 0 Å². The Balaban J connectivity index is 1.53. The van der Waals surface area contributed by atoms with Crippen LogP contribution in [0, 0.1) is 11.3 Å². The number of nitrogens with zero attached hydrogens (tertiary/aromatic N) is 3. The Kier molecular flexibility index (Phi) is 7.65. The predicted molar refractivity (Wildman–Crippen MR) is 130 cm³/mol. The highest BCUT2D eigenvalue weighted by Gasteiger charge is 2.36. The van der Waals surface area contributed by atoms with Gasteiger partial charge in [0.1, 0.15) is 5.82 Å². The topological polar surface area (TPSA) is 126 Å². The van der Waals surface area contributed by atoms with E-state index >= 15 is 0 Å². The summed E-state index contributed by atoms with van der Waals surface area (Å²) in [5.41, 5.74) is 13.8. The second kappa shape index (κ2) is 10.8. The van der Waals surface area contributed by atoms with Crippen LogP contribution in [-0.2, 0) is 11.3 Å². The third kappa shape index (κ3) is 5.74. The molecule has 6 N–H and O–H groups in total. The molecule has 8 nitrogen and oxygen atoms in total. The molecule has 4 rings (SSSR count). The third-order valence-corrected chi connectivity index (χ3v) is 7.02. The van der Waals surface area contributed by atoms with Crippen molar-refractivity contribution in [3.63, 3.8) is 0 Å². The molecular weight excluding hydrogens is 414 g/mol. The van der Waals surface area contributed by atoms with E-state index in [4.69, 9.17) is 21.9 Å². The van der Waals surface area contributed by atoms with Crippen LogP contribution >= 0.6 is 0 Å². The second-order valence-corrected chi connectivity index (χ2v) is 9.42. The Hall–Kier alpha value is -2.87. The van der Waals surface area contributed by atoms with Gasteiger partial charge in [0.05, 0.1) is 17.8 Å². The van der Waals surface area contributed by atoms with Gasteiger partial charge in [-0.1, -0.05) is 62.4 Å². The van der Waals surface area contributed by atoms with E-state index in [1.54, 1.807) is 0 Å². The zero-order valence-corrected chi connectivity index (χ0v) is 19.4. The molecule has 1 aliphatic carbocycles. The van der Waals surface area contributed by atoms with Gasteiger partial charge in [0.25, 0.3) is 0 Å². The molecule has 1 fully saturated rings. The number of carbonyl (C=O) groups excluding carboxylic acids is 1. The van der Waals surface area contributed by atoms with E-state index in [1.807, 2.05) is 23.1 Å². The van der Waals surface area contributed by atoms with E-state index in [-0.39, 0.29) is 17.9 Å². The number of guanidine groups is 1. The van der Waals surface area contributed by atoms with Crippen LogP contribution in [0.1, 0.15) is 63.2 Å². The minimum absolute atomic E-state index is 0.00847. The summed E-state index contributed by atoms with van der Waals surface area (Å²) in [7, 11) is 0. The summed E-state index contributed by atoms with van der Waals surface area (Å²) in [4.78, 5) is 20.5. The highest BCUT2D eigenvalue weighted by atomic mass is 16.2. The summed E-state index contributed by atoms with van der Waals surface area (Å²) in [6, 6.07) is 9.65. The number of hydrogen-bond acceptors (Lipinski definition) is 4. The fourth-order valence-electron chi connectivity index (χ4n) is 5.25. The molecule has 178 valence electrons. The van der Waals surface area contributed by atoms with Crippen LogP contribution < -0.4 is 16.8 Å². The number of carbonyl (C=O) groups is 1. The first kappa shape index (κ1) is 23.3. The number of aromatic nitrogens is 2. The molecule has 1 aromatic carbocycles. The highest BCUT2D eigenvalue weighted by Crippen LogP contribution is 2.37. The Morgan fingerprint density at radius 2 is 1.94 bits per heavy atom. The van der Waals surface area contributed by atoms with E-state index in [0.29, 0.717) is 31.8 Å². The normalized spacial score (nSPS) is 19.7. The summed E-state index contributed by atoms with van der Waals surface area (Å²) < 4.78 is 2.24. The number of imidazole rings is 1. The van der Waals surface area contributed by atoms with Crippen LogP contribution in [0.15, 0.2) is 36.5 Å². The summed E-state index contributed by atoms with van der Waals surface area (Å²) in [5.74, 6) is 1.57. The van der Waals surface area contributed by atoms with E-state index in [1.165, 1.54) is 32.1 Å². The van der Waals surface area contributed by atoms with Crippen molar-refractivity contribution < 1.29 is 4.79 Å². The fraction of sp³-hybridized carbons (Fsp3) is 0.560. The molecule has 1 aromatic heterocycles. The first-order valence-electron chi connectivity index (χ1n) is 12.3. The van der Waals surface area contributed by atoms with Crippen LogP contribution in [-0.4, -0.2) is 45.4 Å². The Morgan fingerprint density at radius 3 is 2.67 bits per heavy atom. The van der Waals surface area contributed by atoms with Crippen molar-refractivity contribution in [2.75, 3.05) is 13.1 Å². The lowest BCUT2D eigenvalue weighted by Crippen LogP contribution is -2.50. The average molecular weight is 452 g/mol. The lowest BCUT2D eigenvalue weighted by molar-refractivity contribution is -0.137. The summed E-state index contributed by atoms with van der Waals surface area (Å²) in [6.45, 7) is 1.94. The minimum Gasteiger partial charge on any atom is -0.370 e. The molecule has 2 heterocycles. The van der Waals surface area contributed by atoms with Gasteiger partial charge in [-0.3, -0.25) is 10.2 Å². The lowest BCUT2D eigenvalue weighted by Gasteiger charge is -2.39. The number of fused-ring (bicyclic) bond motifs is 1. The Morgan fingerprint density at radius 1 is 1.18 bits per heavy atom. The first-order valence-corrected chi connectivity index (χ1v) is 12.3. The van der Waals surface area contributed by atoms with Crippen molar-refractivity contribution in [3.8, 4) is 11.3 Å². The van der Waals surface area contributed by atoms with E-state index in [9.17, 15) is 4.79 Å². The van der Waals surface area contributed by atoms with Gasteiger partial charge in [-0.15, -0.1) is 0 Å². The summed E-state index contributed by atoms with van der Waals surface area (Å²) in [5, 5.41) is 10.0. The maximum Gasteiger partial charge on any atom is 0.240 e. The highest BCUT2D eigenvalue weighted by molar-refractivity contribution is 5.82. The van der Waals surface area contributed by atoms with Crippen molar-refractivity contribution in [1.29, 1.82) is 5.41 Å². The van der Waals surface area contributed by atoms with Crippen molar-refractivity contribution in [1.82, 2.24) is 19.8 Å². The van der Waals surface area contributed by atoms with Gasteiger partial charge in [0, 0.05) is 31.4 Å². The second-order valence-electron chi connectivity index (χ2n) is 9.42. The number of nitrogens with one attached hydrogen (secondary N) is 2. The molecule has 0 spiro atoms. The summed E-state index contributed by atoms with van der Waals surface area (Å²) >= 11 is 0. The largest absolute Gasteiger partial charge is 0.370 e. The van der Waals surface area contributed by atoms with Gasteiger partial charge in [-0.2, -0.15) is 0 Å². The minimum atomic E-state index is -0.553. The van der Waals surface area contributed by atoms with Gasteiger partial charge in [-0.05, 0) is 25.2 Å². The standard InChI is InChI=1S/C25H37N7O/c26-20(12-7-13-29-25(27)28)24(33)32-15-14-31-17-21(19-10-5-2-6-11-19)30-23(31)22(32)16-18-8-3-1-4-9-18/h2,5-6,10-11,17-18,20,22H,1,3-4,7-9,12-16,26H2,(H4,27,28,29)/t20-,22-/m0/s1. The molecular formula is C25H37N7O. The zero-order chi connectivity index (χ0) is 23.2. The monoisotopic (exact) mass is 451 g/mol. The Bertz CT molecular complexity index is 935. The van der Waals surface area contributed by atoms with Gasteiger partial charge in [-0.25, -0.2) is 4.98 Å². The molecule has 2 aliphatic rings. The quantitative estimate of drug-likeness (QED) is 0.279. The first-order chi connectivity index (χ1) is 16.0. The average Bonchev–Trinajstić information content (AvgIpc) is 3.27. The molecule has 0 bridgehead atoms. The number of amides is 1. The lowest BCUT2D eigenvalue weighted by atomic mass is 9.84. The molecule has 33 heavy (non-hydrogen) atoms. The predicted octanol–water partition coefficient (Wildman–Crippen LogP) is 2.99. The van der Waals surface area contributed by atoms with E-state index in [0.717, 1.165) is 30.0 Å². The van der Waals surface area contributed by atoms with Gasteiger partial charge < -0.3 is 26.3 Å². The van der Waals surface area contributed by atoms with Crippen LogP contribution in [0.25, 0.3) is 11.3 Å². The molecule has 1 saturated carbocycles. The maximum absolute atomic E-state index is 13.4. The van der Waals surface area contributed by atoms with E-state index < -0.39 is 6.04 Å². The van der Waals surface area contributed by atoms with Gasteiger partial charge >= 0.3 is 0 Å². The fourth-order valence-corrected chi connectivity index (χ4v) is 5.25. The van der Waals surface area contributed by atoms with Crippen LogP contribution in [0.5, 0.6) is 0 Å². The van der Waals surface area contributed by atoms with Gasteiger partial charge in [0.2, 0.25) is 5.91 Å². The van der Waals surface area contributed by atoms with Crippen molar-refractivity contribution in [3.05, 3.63) is 42.4 Å². The third-order valence-electron chi connectivity index (χ3n) is 7.02. The zero-order valence-electron chi connectivity index (χ0n) is 19.4. The van der Waals surface area contributed by atoms with Crippen LogP contribution in [0.3, 0.4) is 0 Å². The number of hydrogen-bond donors (Lipinski definition) is 4. The van der Waals surface area contributed by atoms with Crippen molar-refractivity contribution >= 4 is 11.9 Å². The molecule has 2 atom stereocenters. The molecule has 0 radical (unpaired) electrons. The number of benzene rings is 1. The molecule has 0 unspecified atom stereocenters. The smallest absolute Gasteiger partial charge is 0.240 e. The molecule has 8 heteroatoms. The number of nitrogens with two attached hydrogens (primary N) is 2. The van der Waals surface area contributed by atoms with Gasteiger partial charge in [0.15, 0.2) is 5.96 Å². The van der Waals surface area contributed by atoms with Crippen molar-refractivity contribution in [2.45, 2.75) is 70.0 Å². The van der Waals surface area contributed by atoms with Crippen molar-refractivity contribution in [2.24, 2.45) is 17.4 Å². The molecule has 0 saturated heterocycles. The molecule has 1 amide bonds.